The predicted octanol–water partition coefficient (Wildman–Crippen LogP) is 3.08. The lowest BCUT2D eigenvalue weighted by atomic mass is 9.98. The summed E-state index contributed by atoms with van der Waals surface area (Å²) in [5.74, 6) is 1.84. The standard InChI is InChI=1S/C17H23N3O3/c1-4-13(5-2)17-16(12-21)18-19-20(17)10-11-23-15-8-6-14(22-3)7-9-15/h6-9,12-13H,4-5,10-11H2,1-3H3. The van der Waals surface area contributed by atoms with E-state index in [0.717, 1.165) is 36.3 Å². The van der Waals surface area contributed by atoms with E-state index in [2.05, 4.69) is 24.2 Å². The van der Waals surface area contributed by atoms with E-state index in [1.54, 1.807) is 11.8 Å². The molecule has 0 unspecified atom stereocenters. The maximum Gasteiger partial charge on any atom is 0.172 e. The van der Waals surface area contributed by atoms with Crippen molar-refractivity contribution >= 4 is 6.29 Å². The molecule has 6 heteroatoms. The van der Waals surface area contributed by atoms with Gasteiger partial charge in [0.15, 0.2) is 6.29 Å². The molecule has 0 spiro atoms. The van der Waals surface area contributed by atoms with Gasteiger partial charge in [0.05, 0.1) is 19.3 Å². The Labute approximate surface area is 136 Å². The van der Waals surface area contributed by atoms with Crippen LogP contribution >= 0.6 is 0 Å². The molecule has 23 heavy (non-hydrogen) atoms. The van der Waals surface area contributed by atoms with E-state index >= 15 is 0 Å². The highest BCUT2D eigenvalue weighted by Gasteiger charge is 2.19. The number of ether oxygens (including phenoxy) is 2. The van der Waals surface area contributed by atoms with Crippen molar-refractivity contribution in [2.75, 3.05) is 13.7 Å². The summed E-state index contributed by atoms with van der Waals surface area (Å²) in [4.78, 5) is 11.2. The second-order valence-corrected chi connectivity index (χ2v) is 5.24. The first kappa shape index (κ1) is 17.0. The zero-order chi connectivity index (χ0) is 16.7. The first-order chi connectivity index (χ1) is 11.2. The lowest BCUT2D eigenvalue weighted by Gasteiger charge is -2.15. The van der Waals surface area contributed by atoms with Crippen LogP contribution in [0.2, 0.25) is 0 Å². The molecule has 0 saturated heterocycles. The maximum absolute atomic E-state index is 11.2. The van der Waals surface area contributed by atoms with Gasteiger partial charge in [0.25, 0.3) is 0 Å². The van der Waals surface area contributed by atoms with E-state index in [1.165, 1.54) is 0 Å². The van der Waals surface area contributed by atoms with E-state index in [0.29, 0.717) is 18.8 Å². The van der Waals surface area contributed by atoms with Gasteiger partial charge in [0.1, 0.15) is 23.8 Å². The summed E-state index contributed by atoms with van der Waals surface area (Å²) in [6.07, 6.45) is 2.68. The lowest BCUT2D eigenvalue weighted by molar-refractivity contribution is 0.111. The third kappa shape index (κ3) is 4.09. The summed E-state index contributed by atoms with van der Waals surface area (Å²) in [6, 6.07) is 7.42. The first-order valence-corrected chi connectivity index (χ1v) is 7.88. The molecule has 0 atom stereocenters. The molecule has 0 fully saturated rings. The Kier molecular flexibility index (Phi) is 6.14. The summed E-state index contributed by atoms with van der Waals surface area (Å²) in [7, 11) is 1.63. The molecule has 1 heterocycles. The smallest absolute Gasteiger partial charge is 0.172 e. The van der Waals surface area contributed by atoms with Gasteiger partial charge in [-0.05, 0) is 37.1 Å². The van der Waals surface area contributed by atoms with Crippen molar-refractivity contribution in [2.24, 2.45) is 0 Å². The van der Waals surface area contributed by atoms with Gasteiger partial charge in [-0.3, -0.25) is 4.79 Å². The van der Waals surface area contributed by atoms with Gasteiger partial charge >= 0.3 is 0 Å². The minimum atomic E-state index is 0.284. The largest absolute Gasteiger partial charge is 0.497 e. The highest BCUT2D eigenvalue weighted by atomic mass is 16.5. The highest BCUT2D eigenvalue weighted by molar-refractivity contribution is 5.73. The van der Waals surface area contributed by atoms with Crippen molar-refractivity contribution in [1.29, 1.82) is 0 Å². The van der Waals surface area contributed by atoms with Crippen LogP contribution in [0.5, 0.6) is 11.5 Å². The fourth-order valence-electron chi connectivity index (χ4n) is 2.60. The average molecular weight is 317 g/mol. The van der Waals surface area contributed by atoms with Crippen LogP contribution in [0.1, 0.15) is 48.8 Å². The van der Waals surface area contributed by atoms with Crippen molar-refractivity contribution in [1.82, 2.24) is 15.0 Å². The number of methoxy groups -OCH3 is 1. The van der Waals surface area contributed by atoms with Crippen LogP contribution in [-0.4, -0.2) is 35.0 Å². The number of hydrogen-bond acceptors (Lipinski definition) is 5. The average Bonchev–Trinajstić information content (AvgIpc) is 3.00. The third-order valence-electron chi connectivity index (χ3n) is 3.92. The van der Waals surface area contributed by atoms with E-state index < -0.39 is 0 Å². The van der Waals surface area contributed by atoms with Crippen molar-refractivity contribution in [3.63, 3.8) is 0 Å². The molecule has 2 rings (SSSR count). The Bertz CT molecular complexity index is 619. The molecule has 0 aliphatic rings. The van der Waals surface area contributed by atoms with Crippen LogP contribution in [0.15, 0.2) is 24.3 Å². The van der Waals surface area contributed by atoms with Gasteiger partial charge in [-0.15, -0.1) is 5.10 Å². The SMILES string of the molecule is CCC(CC)c1c(C=O)nnn1CCOc1ccc(OC)cc1. The molecule has 0 N–H and O–H groups in total. The molecular weight excluding hydrogens is 294 g/mol. The Morgan fingerprint density at radius 2 is 1.83 bits per heavy atom. The zero-order valence-electron chi connectivity index (χ0n) is 13.9. The summed E-state index contributed by atoms with van der Waals surface area (Å²) < 4.78 is 12.6. The van der Waals surface area contributed by atoms with E-state index in [-0.39, 0.29) is 5.92 Å². The number of carbonyl (C=O) groups excluding carboxylic acids is 1. The quantitative estimate of drug-likeness (QED) is 0.665. The number of rotatable bonds is 9. The van der Waals surface area contributed by atoms with Crippen LogP contribution in [0, 0.1) is 0 Å². The minimum absolute atomic E-state index is 0.284. The van der Waals surface area contributed by atoms with Gasteiger partial charge in [-0.2, -0.15) is 0 Å². The Balaban J connectivity index is 2.02. The predicted molar refractivity (Wildman–Crippen MR) is 87.2 cm³/mol. The van der Waals surface area contributed by atoms with Gasteiger partial charge in [0, 0.05) is 5.92 Å². The summed E-state index contributed by atoms with van der Waals surface area (Å²) in [6.45, 7) is 5.22. The van der Waals surface area contributed by atoms with Crippen LogP contribution in [-0.2, 0) is 6.54 Å². The topological polar surface area (TPSA) is 66.2 Å². The molecular formula is C17H23N3O3. The molecule has 0 saturated carbocycles. The second kappa shape index (κ2) is 8.31. The molecule has 0 amide bonds. The molecule has 1 aromatic carbocycles. The molecule has 0 radical (unpaired) electrons. The molecule has 124 valence electrons. The van der Waals surface area contributed by atoms with Crippen LogP contribution in [0.4, 0.5) is 0 Å². The van der Waals surface area contributed by atoms with Gasteiger partial charge in [-0.1, -0.05) is 19.1 Å². The number of aldehydes is 1. The molecule has 0 aliphatic carbocycles. The highest BCUT2D eigenvalue weighted by Crippen LogP contribution is 2.24. The van der Waals surface area contributed by atoms with Crippen LogP contribution in [0.3, 0.4) is 0 Å². The summed E-state index contributed by atoms with van der Waals surface area (Å²) in [5.41, 5.74) is 1.34. The number of hydrogen-bond donors (Lipinski definition) is 0. The summed E-state index contributed by atoms with van der Waals surface area (Å²) >= 11 is 0. The van der Waals surface area contributed by atoms with Gasteiger partial charge in [0.2, 0.25) is 0 Å². The first-order valence-electron chi connectivity index (χ1n) is 7.88. The van der Waals surface area contributed by atoms with Gasteiger partial charge < -0.3 is 9.47 Å². The lowest BCUT2D eigenvalue weighted by Crippen LogP contribution is -2.15. The van der Waals surface area contributed by atoms with E-state index in [9.17, 15) is 4.79 Å². The Morgan fingerprint density at radius 3 is 2.39 bits per heavy atom. The molecule has 1 aromatic heterocycles. The van der Waals surface area contributed by atoms with Crippen molar-refractivity contribution in [2.45, 2.75) is 39.2 Å². The molecule has 6 nitrogen and oxygen atoms in total. The number of benzene rings is 1. The van der Waals surface area contributed by atoms with Crippen molar-refractivity contribution in [3.05, 3.63) is 35.7 Å². The van der Waals surface area contributed by atoms with E-state index in [4.69, 9.17) is 9.47 Å². The molecule has 0 bridgehead atoms. The summed E-state index contributed by atoms with van der Waals surface area (Å²) in [5, 5.41) is 8.07. The second-order valence-electron chi connectivity index (χ2n) is 5.24. The Hall–Kier alpha value is -2.37. The fourth-order valence-corrected chi connectivity index (χ4v) is 2.60. The fraction of sp³-hybridized carbons (Fsp3) is 0.471. The Morgan fingerprint density at radius 1 is 1.17 bits per heavy atom. The van der Waals surface area contributed by atoms with Crippen molar-refractivity contribution in [3.8, 4) is 11.5 Å². The molecule has 0 aliphatic heterocycles. The van der Waals surface area contributed by atoms with E-state index in [1.807, 2.05) is 24.3 Å². The van der Waals surface area contributed by atoms with Gasteiger partial charge in [-0.25, -0.2) is 4.68 Å². The monoisotopic (exact) mass is 317 g/mol. The van der Waals surface area contributed by atoms with Crippen LogP contribution < -0.4 is 9.47 Å². The zero-order valence-corrected chi connectivity index (χ0v) is 13.9. The number of nitrogens with zero attached hydrogens (tertiary/aromatic N) is 3. The number of carbonyl (C=O) groups is 1. The number of aromatic nitrogens is 3. The maximum atomic E-state index is 11.2. The minimum Gasteiger partial charge on any atom is -0.497 e. The van der Waals surface area contributed by atoms with Crippen LogP contribution in [0.25, 0.3) is 0 Å². The molecule has 2 aromatic rings. The third-order valence-corrected chi connectivity index (χ3v) is 3.92. The normalized spacial score (nSPS) is 10.8. The van der Waals surface area contributed by atoms with Crippen molar-refractivity contribution < 1.29 is 14.3 Å².